The summed E-state index contributed by atoms with van der Waals surface area (Å²) in [6.07, 6.45) is 2.03. The first-order valence-electron chi connectivity index (χ1n) is 9.66. The van der Waals surface area contributed by atoms with Crippen LogP contribution in [-0.2, 0) is 14.4 Å². The van der Waals surface area contributed by atoms with Crippen LogP contribution >= 0.6 is 0 Å². The average Bonchev–Trinajstić information content (AvgIpc) is 3.52. The zero-order chi connectivity index (χ0) is 21.5. The maximum absolute atomic E-state index is 12.1. The molecule has 8 nitrogen and oxygen atoms in total. The van der Waals surface area contributed by atoms with Crippen LogP contribution in [0.25, 0.3) is 0 Å². The van der Waals surface area contributed by atoms with Crippen LogP contribution in [0.4, 0.5) is 11.4 Å². The Morgan fingerprint density at radius 2 is 1.70 bits per heavy atom. The number of nitrogens with zero attached hydrogens (tertiary/aromatic N) is 1. The van der Waals surface area contributed by atoms with Crippen LogP contribution in [0.2, 0.25) is 0 Å². The zero-order valence-corrected chi connectivity index (χ0v) is 16.9. The van der Waals surface area contributed by atoms with Crippen molar-refractivity contribution in [1.29, 1.82) is 0 Å². The van der Waals surface area contributed by atoms with E-state index in [2.05, 4.69) is 21.1 Å². The summed E-state index contributed by atoms with van der Waals surface area (Å²) in [5.41, 5.74) is 3.10. The van der Waals surface area contributed by atoms with E-state index < -0.39 is 0 Å². The average molecular weight is 408 g/mol. The third kappa shape index (κ3) is 6.44. The molecule has 30 heavy (non-hydrogen) atoms. The van der Waals surface area contributed by atoms with Gasteiger partial charge in [0.05, 0.1) is 5.71 Å². The van der Waals surface area contributed by atoms with E-state index in [0.717, 1.165) is 18.4 Å². The van der Waals surface area contributed by atoms with Gasteiger partial charge in [-0.1, -0.05) is 23.4 Å². The van der Waals surface area contributed by atoms with Crippen LogP contribution in [0, 0.1) is 0 Å². The lowest BCUT2D eigenvalue weighted by Gasteiger charge is -2.08. The topological polar surface area (TPSA) is 109 Å². The van der Waals surface area contributed by atoms with Crippen molar-refractivity contribution in [3.05, 3.63) is 59.7 Å². The molecule has 8 heteroatoms. The van der Waals surface area contributed by atoms with E-state index in [9.17, 15) is 14.4 Å². The molecule has 0 heterocycles. The van der Waals surface area contributed by atoms with Gasteiger partial charge < -0.3 is 20.8 Å². The second-order valence-corrected chi connectivity index (χ2v) is 7.09. The van der Waals surface area contributed by atoms with Gasteiger partial charge >= 0.3 is 0 Å². The molecule has 156 valence electrons. The van der Waals surface area contributed by atoms with Gasteiger partial charge in [-0.25, -0.2) is 0 Å². The summed E-state index contributed by atoms with van der Waals surface area (Å²) in [7, 11) is 0. The predicted molar refractivity (Wildman–Crippen MR) is 114 cm³/mol. The molecule has 0 aromatic heterocycles. The lowest BCUT2D eigenvalue weighted by molar-refractivity contribution is -0.120. The van der Waals surface area contributed by atoms with Crippen LogP contribution in [-0.4, -0.2) is 36.1 Å². The molecule has 0 bridgehead atoms. The normalized spacial score (nSPS) is 13.3. The van der Waals surface area contributed by atoms with Crippen LogP contribution in [0.15, 0.2) is 53.7 Å². The van der Waals surface area contributed by atoms with Gasteiger partial charge in [-0.2, -0.15) is 0 Å². The number of rotatable bonds is 8. The van der Waals surface area contributed by atoms with E-state index in [1.165, 1.54) is 6.92 Å². The molecule has 3 N–H and O–H groups in total. The molecule has 0 unspecified atom stereocenters. The fourth-order valence-corrected chi connectivity index (χ4v) is 2.67. The second-order valence-electron chi connectivity index (χ2n) is 7.09. The second kappa shape index (κ2) is 9.69. The summed E-state index contributed by atoms with van der Waals surface area (Å²) in [5.74, 6) is -0.668. The zero-order valence-electron chi connectivity index (χ0n) is 16.9. The first-order valence-corrected chi connectivity index (χ1v) is 9.66. The minimum atomic E-state index is -0.382. The Balaban J connectivity index is 1.49. The number of carbonyl (C=O) groups is 3. The Bertz CT molecular complexity index is 965. The molecular formula is C22H24N4O4. The number of carbonyl (C=O) groups excluding carboxylic acids is 3. The van der Waals surface area contributed by atoms with Crippen molar-refractivity contribution in [2.24, 2.45) is 5.16 Å². The Morgan fingerprint density at radius 3 is 2.37 bits per heavy atom. The molecule has 1 aliphatic carbocycles. The Morgan fingerprint density at radius 1 is 0.967 bits per heavy atom. The fourth-order valence-electron chi connectivity index (χ4n) is 2.67. The van der Waals surface area contributed by atoms with E-state index >= 15 is 0 Å². The summed E-state index contributed by atoms with van der Waals surface area (Å²) < 4.78 is 0. The molecule has 3 amide bonds. The molecule has 1 aliphatic rings. The van der Waals surface area contributed by atoms with E-state index in [0.29, 0.717) is 22.6 Å². The minimum absolute atomic E-state index is 0.142. The van der Waals surface area contributed by atoms with Crippen molar-refractivity contribution in [3.63, 3.8) is 0 Å². The molecule has 2 aromatic rings. The Hall–Kier alpha value is -3.68. The molecule has 1 saturated carbocycles. The van der Waals surface area contributed by atoms with Gasteiger partial charge in [-0.3, -0.25) is 14.4 Å². The largest absolute Gasteiger partial charge is 0.385 e. The van der Waals surface area contributed by atoms with Crippen molar-refractivity contribution in [1.82, 2.24) is 5.32 Å². The number of anilines is 2. The first-order chi connectivity index (χ1) is 14.4. The van der Waals surface area contributed by atoms with Gasteiger partial charge in [0.1, 0.15) is 0 Å². The van der Waals surface area contributed by atoms with Crippen molar-refractivity contribution < 1.29 is 19.2 Å². The molecule has 2 aromatic carbocycles. The SMILES string of the molecule is CC(=O)Nc1ccc(/C(C)=N/OCC(=O)Nc2cccc(C(=O)NC3CC3)c2)cc1. The van der Waals surface area contributed by atoms with Crippen molar-refractivity contribution in [2.75, 3.05) is 17.2 Å². The first kappa shape index (κ1) is 21.0. The van der Waals surface area contributed by atoms with E-state index in [1.807, 2.05) is 0 Å². The lowest BCUT2D eigenvalue weighted by atomic mass is 10.1. The molecular weight excluding hydrogens is 384 g/mol. The van der Waals surface area contributed by atoms with E-state index in [4.69, 9.17) is 4.84 Å². The van der Waals surface area contributed by atoms with Crippen LogP contribution in [0.1, 0.15) is 42.6 Å². The number of hydrogen-bond donors (Lipinski definition) is 3. The van der Waals surface area contributed by atoms with Crippen LogP contribution in [0.5, 0.6) is 0 Å². The highest BCUT2D eigenvalue weighted by molar-refractivity contribution is 5.99. The Kier molecular flexibility index (Phi) is 6.79. The van der Waals surface area contributed by atoms with Gasteiger partial charge in [0.2, 0.25) is 5.91 Å². The van der Waals surface area contributed by atoms with Gasteiger partial charge in [-0.15, -0.1) is 0 Å². The van der Waals surface area contributed by atoms with Crippen molar-refractivity contribution in [2.45, 2.75) is 32.7 Å². The van der Waals surface area contributed by atoms with Gasteiger partial charge in [-0.05, 0) is 55.7 Å². The van der Waals surface area contributed by atoms with E-state index in [-0.39, 0.29) is 30.4 Å². The summed E-state index contributed by atoms with van der Waals surface area (Å²) in [6.45, 7) is 2.94. The van der Waals surface area contributed by atoms with Gasteiger partial charge in [0.15, 0.2) is 6.61 Å². The maximum atomic E-state index is 12.1. The molecule has 0 radical (unpaired) electrons. The molecule has 0 saturated heterocycles. The highest BCUT2D eigenvalue weighted by Crippen LogP contribution is 2.20. The quantitative estimate of drug-likeness (QED) is 0.461. The van der Waals surface area contributed by atoms with Crippen LogP contribution in [0.3, 0.4) is 0 Å². The van der Waals surface area contributed by atoms with E-state index in [1.54, 1.807) is 55.5 Å². The third-order valence-corrected chi connectivity index (χ3v) is 4.34. The fraction of sp³-hybridized carbons (Fsp3) is 0.273. The smallest absolute Gasteiger partial charge is 0.265 e. The Labute approximate surface area is 174 Å². The minimum Gasteiger partial charge on any atom is -0.385 e. The van der Waals surface area contributed by atoms with Crippen molar-refractivity contribution >= 4 is 34.8 Å². The molecule has 0 atom stereocenters. The summed E-state index contributed by atoms with van der Waals surface area (Å²) in [5, 5.41) is 12.2. The summed E-state index contributed by atoms with van der Waals surface area (Å²) in [4.78, 5) is 40.4. The molecule has 0 aliphatic heterocycles. The predicted octanol–water partition coefficient (Wildman–Crippen LogP) is 2.92. The monoisotopic (exact) mass is 408 g/mol. The highest BCUT2D eigenvalue weighted by Gasteiger charge is 2.23. The standard InChI is InChI=1S/C22H24N4O4/c1-14(16-6-8-18(9-7-16)23-15(2)27)26-30-13-21(28)24-20-5-3-4-17(12-20)22(29)25-19-10-11-19/h3-9,12,19H,10-11,13H2,1-2H3,(H,23,27)(H,24,28)(H,25,29)/b26-14+. The lowest BCUT2D eigenvalue weighted by Crippen LogP contribution is -2.25. The summed E-state index contributed by atoms with van der Waals surface area (Å²) in [6, 6.07) is 14.1. The van der Waals surface area contributed by atoms with Gasteiger partial charge in [0, 0.05) is 29.9 Å². The maximum Gasteiger partial charge on any atom is 0.265 e. The highest BCUT2D eigenvalue weighted by atomic mass is 16.6. The molecule has 0 spiro atoms. The number of oxime groups is 1. The van der Waals surface area contributed by atoms with Gasteiger partial charge in [0.25, 0.3) is 11.8 Å². The molecule has 1 fully saturated rings. The third-order valence-electron chi connectivity index (χ3n) is 4.34. The molecule has 3 rings (SSSR count). The van der Waals surface area contributed by atoms with Crippen LogP contribution < -0.4 is 16.0 Å². The summed E-state index contributed by atoms with van der Waals surface area (Å²) >= 11 is 0. The number of benzene rings is 2. The number of amides is 3. The number of hydrogen-bond acceptors (Lipinski definition) is 5. The number of nitrogens with one attached hydrogen (secondary N) is 3. The van der Waals surface area contributed by atoms with Crippen molar-refractivity contribution in [3.8, 4) is 0 Å².